The molecule has 1 aliphatic heterocycles. The minimum Gasteiger partial charge on any atom is -0.493 e. The van der Waals surface area contributed by atoms with Crippen LogP contribution in [-0.2, 0) is 16.4 Å². The summed E-state index contributed by atoms with van der Waals surface area (Å²) in [6.07, 6.45) is 2.50. The van der Waals surface area contributed by atoms with Crippen LogP contribution < -0.4 is 15.2 Å². The zero-order valence-corrected chi connectivity index (χ0v) is 14.7. The molecule has 1 heterocycles. The van der Waals surface area contributed by atoms with Gasteiger partial charge in [0.05, 0.1) is 11.5 Å². The van der Waals surface area contributed by atoms with E-state index in [1.807, 2.05) is 13.8 Å². The molecule has 1 aromatic rings. The van der Waals surface area contributed by atoms with Gasteiger partial charge in [-0.15, -0.1) is 12.4 Å². The van der Waals surface area contributed by atoms with Gasteiger partial charge in [0, 0.05) is 12.6 Å². The quantitative estimate of drug-likeness (QED) is 0.824. The number of nitrogens with one attached hydrogen (secondary N) is 1. The zero-order chi connectivity index (χ0) is 15.5. The maximum absolute atomic E-state index is 12.5. The first-order valence-electron chi connectivity index (χ1n) is 7.40. The molecule has 2 rings (SSSR count). The molecule has 0 aromatic heterocycles. The fourth-order valence-electron chi connectivity index (χ4n) is 2.55. The number of hydrogen-bond acceptors (Lipinski definition) is 4. The Morgan fingerprint density at radius 1 is 1.36 bits per heavy atom. The van der Waals surface area contributed by atoms with Crippen molar-refractivity contribution in [3.63, 3.8) is 0 Å². The molecule has 5 nitrogen and oxygen atoms in total. The van der Waals surface area contributed by atoms with Crippen molar-refractivity contribution in [2.75, 3.05) is 13.2 Å². The molecule has 0 fully saturated rings. The van der Waals surface area contributed by atoms with E-state index in [9.17, 15) is 8.42 Å². The lowest BCUT2D eigenvalue weighted by Crippen LogP contribution is -2.41. The maximum Gasteiger partial charge on any atom is 0.240 e. The lowest BCUT2D eigenvalue weighted by Gasteiger charge is -2.21. The summed E-state index contributed by atoms with van der Waals surface area (Å²) in [6, 6.07) is 4.81. The molecule has 0 bridgehead atoms. The van der Waals surface area contributed by atoms with E-state index in [2.05, 4.69) is 4.72 Å². The van der Waals surface area contributed by atoms with Gasteiger partial charge in [0.1, 0.15) is 5.75 Å². The van der Waals surface area contributed by atoms with Gasteiger partial charge in [-0.1, -0.05) is 13.8 Å². The molecule has 22 heavy (non-hydrogen) atoms. The molecule has 0 radical (unpaired) electrons. The summed E-state index contributed by atoms with van der Waals surface area (Å²) in [7, 11) is -3.54. The number of ether oxygens (including phenoxy) is 1. The highest BCUT2D eigenvalue weighted by Crippen LogP contribution is 2.27. The number of fused-ring (bicyclic) bond motifs is 1. The SMILES string of the molecule is CC(C)CC(CN)NS(=O)(=O)c1ccc2c(c1)CCCO2.Cl. The second kappa shape index (κ2) is 8.15. The Kier molecular flexibility index (Phi) is 7.12. The second-order valence-electron chi connectivity index (χ2n) is 5.91. The average Bonchev–Trinajstić information content (AvgIpc) is 2.45. The van der Waals surface area contributed by atoms with E-state index in [1.54, 1.807) is 18.2 Å². The Morgan fingerprint density at radius 3 is 2.73 bits per heavy atom. The minimum absolute atomic E-state index is 0. The zero-order valence-electron chi connectivity index (χ0n) is 13.0. The van der Waals surface area contributed by atoms with Gasteiger partial charge in [-0.25, -0.2) is 13.1 Å². The van der Waals surface area contributed by atoms with Crippen LogP contribution in [0.3, 0.4) is 0 Å². The molecular formula is C15H25ClN2O3S. The number of hydrogen-bond donors (Lipinski definition) is 2. The molecule has 1 unspecified atom stereocenters. The molecule has 0 saturated heterocycles. The van der Waals surface area contributed by atoms with Crippen LogP contribution >= 0.6 is 12.4 Å². The number of halogens is 1. The van der Waals surface area contributed by atoms with Crippen LogP contribution in [0, 0.1) is 5.92 Å². The highest BCUT2D eigenvalue weighted by Gasteiger charge is 2.22. The fourth-order valence-corrected chi connectivity index (χ4v) is 3.86. The monoisotopic (exact) mass is 348 g/mol. The van der Waals surface area contributed by atoms with Crippen LogP contribution in [0.1, 0.15) is 32.3 Å². The van der Waals surface area contributed by atoms with Crippen molar-refractivity contribution < 1.29 is 13.2 Å². The van der Waals surface area contributed by atoms with E-state index in [0.29, 0.717) is 19.1 Å². The largest absolute Gasteiger partial charge is 0.493 e. The van der Waals surface area contributed by atoms with Crippen molar-refractivity contribution in [3.8, 4) is 5.75 Å². The number of aryl methyl sites for hydroxylation is 1. The van der Waals surface area contributed by atoms with Crippen LogP contribution in [0.5, 0.6) is 5.75 Å². The first-order valence-corrected chi connectivity index (χ1v) is 8.89. The Labute approximate surface area is 139 Å². The number of sulfonamides is 1. The summed E-state index contributed by atoms with van der Waals surface area (Å²) in [6.45, 7) is 5.09. The maximum atomic E-state index is 12.5. The molecule has 1 aliphatic rings. The molecule has 1 atom stereocenters. The molecular weight excluding hydrogens is 324 g/mol. The third-order valence-corrected chi connectivity index (χ3v) is 5.07. The van der Waals surface area contributed by atoms with E-state index in [-0.39, 0.29) is 23.3 Å². The number of benzene rings is 1. The van der Waals surface area contributed by atoms with Crippen LogP contribution in [-0.4, -0.2) is 27.6 Å². The first kappa shape index (κ1) is 19.2. The molecule has 0 spiro atoms. The molecule has 0 aliphatic carbocycles. The van der Waals surface area contributed by atoms with Gasteiger partial charge in [0.15, 0.2) is 0 Å². The molecule has 126 valence electrons. The van der Waals surface area contributed by atoms with E-state index in [4.69, 9.17) is 10.5 Å². The highest BCUT2D eigenvalue weighted by molar-refractivity contribution is 7.89. The number of rotatable bonds is 6. The number of nitrogens with two attached hydrogens (primary N) is 1. The third kappa shape index (κ3) is 4.84. The van der Waals surface area contributed by atoms with Gasteiger partial charge in [0.2, 0.25) is 10.0 Å². The van der Waals surface area contributed by atoms with Crippen molar-refractivity contribution in [2.24, 2.45) is 11.7 Å². The lowest BCUT2D eigenvalue weighted by atomic mass is 10.1. The Bertz CT molecular complexity index is 590. The highest BCUT2D eigenvalue weighted by atomic mass is 35.5. The van der Waals surface area contributed by atoms with Gasteiger partial charge < -0.3 is 10.5 Å². The molecule has 1 aromatic carbocycles. The van der Waals surface area contributed by atoms with E-state index >= 15 is 0 Å². The first-order chi connectivity index (χ1) is 9.92. The van der Waals surface area contributed by atoms with Crippen molar-refractivity contribution in [2.45, 2.75) is 44.0 Å². The van der Waals surface area contributed by atoms with Gasteiger partial charge in [0.25, 0.3) is 0 Å². The molecule has 0 amide bonds. The van der Waals surface area contributed by atoms with Crippen molar-refractivity contribution in [1.82, 2.24) is 4.72 Å². The smallest absolute Gasteiger partial charge is 0.240 e. The predicted molar refractivity (Wildman–Crippen MR) is 90.1 cm³/mol. The molecule has 7 heteroatoms. The standard InChI is InChI=1S/C15H24N2O3S.ClH/c1-11(2)8-13(10-16)17-21(18,19)14-5-6-15-12(9-14)4-3-7-20-15;/h5-6,9,11,13,17H,3-4,7-8,10,16H2,1-2H3;1H. The summed E-state index contributed by atoms with van der Waals surface area (Å²) >= 11 is 0. The van der Waals surface area contributed by atoms with Crippen molar-refractivity contribution >= 4 is 22.4 Å². The van der Waals surface area contributed by atoms with Gasteiger partial charge in [-0.3, -0.25) is 0 Å². The Morgan fingerprint density at radius 2 is 2.09 bits per heavy atom. The minimum atomic E-state index is -3.54. The molecule has 3 N–H and O–H groups in total. The molecule has 0 saturated carbocycles. The van der Waals surface area contributed by atoms with Crippen molar-refractivity contribution in [3.05, 3.63) is 23.8 Å². The second-order valence-corrected chi connectivity index (χ2v) is 7.62. The van der Waals surface area contributed by atoms with Crippen LogP contribution in [0.15, 0.2) is 23.1 Å². The Balaban J connectivity index is 0.00000242. The van der Waals surface area contributed by atoms with Gasteiger partial charge in [-0.05, 0) is 48.9 Å². The summed E-state index contributed by atoms with van der Waals surface area (Å²) in [5, 5.41) is 0. The topological polar surface area (TPSA) is 81.4 Å². The Hall–Kier alpha value is -0.820. The average molecular weight is 349 g/mol. The van der Waals surface area contributed by atoms with Gasteiger partial charge in [-0.2, -0.15) is 0 Å². The summed E-state index contributed by atoms with van der Waals surface area (Å²) in [5.41, 5.74) is 6.63. The van der Waals surface area contributed by atoms with E-state index in [1.165, 1.54) is 0 Å². The summed E-state index contributed by atoms with van der Waals surface area (Å²) < 4.78 is 33.1. The van der Waals surface area contributed by atoms with Crippen LogP contribution in [0.2, 0.25) is 0 Å². The predicted octanol–water partition coefficient (Wildman–Crippen LogP) is 2.09. The fraction of sp³-hybridized carbons (Fsp3) is 0.600. The summed E-state index contributed by atoms with van der Waals surface area (Å²) in [5.74, 6) is 1.18. The normalized spacial score (nSPS) is 15.6. The lowest BCUT2D eigenvalue weighted by molar-refractivity contribution is 0.288. The van der Waals surface area contributed by atoms with Gasteiger partial charge >= 0.3 is 0 Å². The van der Waals surface area contributed by atoms with Crippen LogP contribution in [0.4, 0.5) is 0 Å². The third-order valence-electron chi connectivity index (χ3n) is 3.55. The van der Waals surface area contributed by atoms with E-state index < -0.39 is 10.0 Å². The van der Waals surface area contributed by atoms with Crippen molar-refractivity contribution in [1.29, 1.82) is 0 Å². The summed E-state index contributed by atoms with van der Waals surface area (Å²) in [4.78, 5) is 0.286. The van der Waals surface area contributed by atoms with E-state index in [0.717, 1.165) is 30.6 Å². The van der Waals surface area contributed by atoms with Crippen LogP contribution in [0.25, 0.3) is 0 Å².